The van der Waals surface area contributed by atoms with Crippen LogP contribution in [0.5, 0.6) is 0 Å². The number of hydrogen-bond acceptors (Lipinski definition) is 5. The maximum absolute atomic E-state index is 12.1. The summed E-state index contributed by atoms with van der Waals surface area (Å²) < 4.78 is 1.85. The molecule has 2 aromatic heterocycles. The second-order valence-corrected chi connectivity index (χ2v) is 8.36. The van der Waals surface area contributed by atoms with E-state index in [4.69, 9.17) is 10.1 Å². The molecule has 33 heavy (non-hydrogen) atoms. The van der Waals surface area contributed by atoms with Crippen molar-refractivity contribution in [2.24, 2.45) is 0 Å². The average Bonchev–Trinajstić information content (AvgIpc) is 3.36. The van der Waals surface area contributed by atoms with E-state index in [-0.39, 0.29) is 11.9 Å². The van der Waals surface area contributed by atoms with Crippen molar-refractivity contribution in [3.8, 4) is 22.5 Å². The van der Waals surface area contributed by atoms with E-state index < -0.39 is 0 Å². The minimum Gasteiger partial charge on any atom is -0.345 e. The molecule has 4 aromatic rings. The van der Waals surface area contributed by atoms with Gasteiger partial charge in [-0.25, -0.2) is 4.68 Å². The molecule has 0 fully saturated rings. The Kier molecular flexibility index (Phi) is 5.17. The van der Waals surface area contributed by atoms with E-state index in [2.05, 4.69) is 33.8 Å². The first-order valence-corrected chi connectivity index (χ1v) is 11.1. The van der Waals surface area contributed by atoms with E-state index in [1.54, 1.807) is 0 Å². The second kappa shape index (κ2) is 8.16. The van der Waals surface area contributed by atoms with Crippen LogP contribution in [0.4, 0.5) is 11.6 Å². The number of nitrogens with zero attached hydrogens (tertiary/aromatic N) is 4. The molecule has 0 saturated heterocycles. The van der Waals surface area contributed by atoms with E-state index in [0.29, 0.717) is 18.3 Å². The molecule has 2 N–H and O–H groups in total. The Morgan fingerprint density at radius 1 is 1.00 bits per heavy atom. The van der Waals surface area contributed by atoms with Gasteiger partial charge in [0.2, 0.25) is 5.95 Å². The van der Waals surface area contributed by atoms with Gasteiger partial charge in [0, 0.05) is 40.8 Å². The van der Waals surface area contributed by atoms with E-state index >= 15 is 0 Å². The lowest BCUT2D eigenvalue weighted by molar-refractivity contribution is 0.0958. The first-order valence-electron chi connectivity index (χ1n) is 11.1. The molecule has 7 nitrogen and oxygen atoms in total. The maximum atomic E-state index is 12.1. The fraction of sp³-hybridized carbons (Fsp3) is 0.231. The van der Waals surface area contributed by atoms with Gasteiger partial charge in [-0.05, 0) is 62.6 Å². The molecule has 1 amide bonds. The lowest BCUT2D eigenvalue weighted by Gasteiger charge is -2.14. The third-order valence-electron chi connectivity index (χ3n) is 6.15. The van der Waals surface area contributed by atoms with Crippen molar-refractivity contribution in [1.29, 1.82) is 0 Å². The third-order valence-corrected chi connectivity index (χ3v) is 6.15. The number of aromatic nitrogens is 4. The molecule has 2 aromatic carbocycles. The van der Waals surface area contributed by atoms with Crippen LogP contribution in [0.15, 0.2) is 54.7 Å². The number of aryl methyl sites for hydroxylation is 2. The topological polar surface area (TPSA) is 84.7 Å². The highest BCUT2D eigenvalue weighted by atomic mass is 16.2. The molecule has 1 aliphatic rings. The first kappa shape index (κ1) is 20.9. The van der Waals surface area contributed by atoms with Gasteiger partial charge < -0.3 is 10.6 Å². The molecule has 0 spiro atoms. The van der Waals surface area contributed by atoms with Crippen LogP contribution < -0.4 is 10.6 Å². The number of hydrogen-bond donors (Lipinski definition) is 2. The van der Waals surface area contributed by atoms with Gasteiger partial charge in [0.05, 0.1) is 6.04 Å². The van der Waals surface area contributed by atoms with Crippen molar-refractivity contribution in [2.45, 2.75) is 40.3 Å². The minimum atomic E-state index is -0.0176. The first-order chi connectivity index (χ1) is 15.9. The SMILES string of the molecule is CCn1nc(-c2ccc(-c3ccc(C)nc3)cc2)nc1Nc1ccc2c(c1C)C(C)NC2=O. The highest BCUT2D eigenvalue weighted by molar-refractivity contribution is 6.00. The summed E-state index contributed by atoms with van der Waals surface area (Å²) in [6.45, 7) is 8.74. The van der Waals surface area contributed by atoms with Crippen LogP contribution >= 0.6 is 0 Å². The van der Waals surface area contributed by atoms with E-state index in [9.17, 15) is 4.79 Å². The molecule has 0 radical (unpaired) electrons. The van der Waals surface area contributed by atoms with Crippen molar-refractivity contribution in [1.82, 2.24) is 25.1 Å². The molecule has 0 saturated carbocycles. The van der Waals surface area contributed by atoms with Gasteiger partial charge in [-0.15, -0.1) is 5.10 Å². The van der Waals surface area contributed by atoms with Crippen LogP contribution in [0.3, 0.4) is 0 Å². The van der Waals surface area contributed by atoms with Crippen molar-refractivity contribution >= 4 is 17.5 Å². The average molecular weight is 439 g/mol. The molecule has 166 valence electrons. The summed E-state index contributed by atoms with van der Waals surface area (Å²) >= 11 is 0. The Balaban J connectivity index is 1.43. The molecular weight excluding hydrogens is 412 g/mol. The van der Waals surface area contributed by atoms with Crippen LogP contribution in [-0.4, -0.2) is 25.7 Å². The van der Waals surface area contributed by atoms with Crippen LogP contribution in [0.2, 0.25) is 0 Å². The lowest BCUT2D eigenvalue weighted by atomic mass is 9.98. The molecule has 1 atom stereocenters. The van der Waals surface area contributed by atoms with Crippen LogP contribution in [0, 0.1) is 13.8 Å². The minimum absolute atomic E-state index is 0.00361. The Hall–Kier alpha value is -4.00. The molecule has 7 heteroatoms. The Morgan fingerprint density at radius 3 is 2.42 bits per heavy atom. The predicted molar refractivity (Wildman–Crippen MR) is 129 cm³/mol. The van der Waals surface area contributed by atoms with Gasteiger partial charge in [-0.1, -0.05) is 30.3 Å². The fourth-order valence-corrected chi connectivity index (χ4v) is 4.31. The van der Waals surface area contributed by atoms with E-state index in [1.165, 1.54) is 0 Å². The Labute approximate surface area is 192 Å². The monoisotopic (exact) mass is 438 g/mol. The number of benzene rings is 2. The second-order valence-electron chi connectivity index (χ2n) is 8.36. The number of carbonyl (C=O) groups excluding carboxylic acids is 1. The van der Waals surface area contributed by atoms with Gasteiger partial charge in [-0.3, -0.25) is 9.78 Å². The number of nitrogens with one attached hydrogen (secondary N) is 2. The van der Waals surface area contributed by atoms with Crippen LogP contribution in [0.25, 0.3) is 22.5 Å². The smallest absolute Gasteiger partial charge is 0.252 e. The highest BCUT2D eigenvalue weighted by Crippen LogP contribution is 2.34. The summed E-state index contributed by atoms with van der Waals surface area (Å²) in [5.74, 6) is 1.32. The van der Waals surface area contributed by atoms with Gasteiger partial charge in [0.15, 0.2) is 5.82 Å². The number of rotatable bonds is 5. The zero-order chi connectivity index (χ0) is 23.1. The van der Waals surface area contributed by atoms with Crippen LogP contribution in [-0.2, 0) is 6.54 Å². The van der Waals surface area contributed by atoms with Crippen molar-refractivity contribution < 1.29 is 4.79 Å². The van der Waals surface area contributed by atoms with Gasteiger partial charge >= 0.3 is 0 Å². The van der Waals surface area contributed by atoms with Gasteiger partial charge in [0.25, 0.3) is 5.91 Å². The van der Waals surface area contributed by atoms with Gasteiger partial charge in [-0.2, -0.15) is 4.98 Å². The maximum Gasteiger partial charge on any atom is 0.252 e. The largest absolute Gasteiger partial charge is 0.345 e. The Morgan fingerprint density at radius 2 is 1.73 bits per heavy atom. The van der Waals surface area contributed by atoms with E-state index in [0.717, 1.165) is 44.8 Å². The summed E-state index contributed by atoms with van der Waals surface area (Å²) in [5, 5.41) is 11.1. The molecule has 1 aliphatic heterocycles. The highest BCUT2D eigenvalue weighted by Gasteiger charge is 2.28. The molecular formula is C26H26N6O. The van der Waals surface area contributed by atoms with Crippen molar-refractivity contribution in [3.05, 3.63) is 77.1 Å². The summed E-state index contributed by atoms with van der Waals surface area (Å²) in [5.41, 5.74) is 7.88. The summed E-state index contributed by atoms with van der Waals surface area (Å²) in [4.78, 5) is 21.3. The molecule has 0 bridgehead atoms. The zero-order valence-corrected chi connectivity index (χ0v) is 19.2. The third kappa shape index (κ3) is 3.75. The summed E-state index contributed by atoms with van der Waals surface area (Å²) in [7, 11) is 0. The normalized spacial score (nSPS) is 14.8. The summed E-state index contributed by atoms with van der Waals surface area (Å²) in [6, 6.07) is 16.1. The number of fused-ring (bicyclic) bond motifs is 1. The number of anilines is 2. The van der Waals surface area contributed by atoms with Crippen molar-refractivity contribution in [2.75, 3.05) is 5.32 Å². The standard InChI is InChI=1S/C26H26N6O/c1-5-32-26(29-22-13-12-21-23(16(22)3)17(4)28-25(21)33)30-24(31-32)19-10-8-18(9-11-19)20-7-6-15(2)27-14-20/h6-14,17H,5H2,1-4H3,(H,28,33)(H,29,30,31). The quantitative estimate of drug-likeness (QED) is 0.448. The predicted octanol–water partition coefficient (Wildman–Crippen LogP) is 5.19. The van der Waals surface area contributed by atoms with E-state index in [1.807, 2.05) is 68.9 Å². The zero-order valence-electron chi connectivity index (χ0n) is 19.2. The number of amides is 1. The van der Waals surface area contributed by atoms with Gasteiger partial charge in [0.1, 0.15) is 0 Å². The number of carbonyl (C=O) groups is 1. The molecule has 5 rings (SSSR count). The lowest BCUT2D eigenvalue weighted by Crippen LogP contribution is -2.16. The molecule has 1 unspecified atom stereocenters. The van der Waals surface area contributed by atoms with Crippen LogP contribution in [0.1, 0.15) is 47.1 Å². The molecule has 0 aliphatic carbocycles. The molecule has 3 heterocycles. The summed E-state index contributed by atoms with van der Waals surface area (Å²) in [6.07, 6.45) is 1.89. The number of pyridine rings is 1. The fourth-order valence-electron chi connectivity index (χ4n) is 4.31. The van der Waals surface area contributed by atoms with Crippen molar-refractivity contribution in [3.63, 3.8) is 0 Å². The Bertz CT molecular complexity index is 1340.